The Morgan fingerprint density at radius 1 is 1.43 bits per heavy atom. The molecule has 0 saturated carbocycles. The lowest BCUT2D eigenvalue weighted by atomic mass is 10.2. The summed E-state index contributed by atoms with van der Waals surface area (Å²) in [5, 5.41) is 2.89. The summed E-state index contributed by atoms with van der Waals surface area (Å²) in [4.78, 5) is 20.3. The molecule has 21 heavy (non-hydrogen) atoms. The molecule has 0 aliphatic carbocycles. The summed E-state index contributed by atoms with van der Waals surface area (Å²) in [5.74, 6) is -0.179. The number of hydrogen-bond donors (Lipinski definition) is 0. The molecule has 0 aliphatic rings. The van der Waals surface area contributed by atoms with Crippen molar-refractivity contribution in [3.05, 3.63) is 41.7 Å². The zero-order valence-electron chi connectivity index (χ0n) is 11.7. The van der Waals surface area contributed by atoms with Crippen molar-refractivity contribution >= 4 is 23.0 Å². The van der Waals surface area contributed by atoms with Gasteiger partial charge in [0.05, 0.1) is 24.9 Å². The minimum Gasteiger partial charge on any atom is -0.466 e. The van der Waals surface area contributed by atoms with Crippen molar-refractivity contribution in [2.24, 2.45) is 0 Å². The summed E-state index contributed by atoms with van der Waals surface area (Å²) in [6, 6.07) is 5.88. The molecule has 5 nitrogen and oxygen atoms in total. The molecule has 0 fully saturated rings. The van der Waals surface area contributed by atoms with E-state index in [9.17, 15) is 4.79 Å². The predicted molar refractivity (Wildman–Crippen MR) is 81.3 cm³/mol. The minimum absolute atomic E-state index is 0.179. The van der Waals surface area contributed by atoms with E-state index in [1.807, 2.05) is 47.3 Å². The number of carbonyl (C=O) groups is 1. The summed E-state index contributed by atoms with van der Waals surface area (Å²) in [6.07, 6.45) is 4.76. The lowest BCUT2D eigenvalue weighted by Gasteiger charge is -1.99. The first-order chi connectivity index (χ1) is 10.3. The average Bonchev–Trinajstić information content (AvgIpc) is 3.12. The van der Waals surface area contributed by atoms with Crippen LogP contribution in [0.4, 0.5) is 0 Å². The van der Waals surface area contributed by atoms with Gasteiger partial charge in [0.25, 0.3) is 0 Å². The van der Waals surface area contributed by atoms with Gasteiger partial charge in [-0.15, -0.1) is 11.3 Å². The highest BCUT2D eigenvalue weighted by molar-refractivity contribution is 7.13. The maximum atomic E-state index is 11.4. The van der Waals surface area contributed by atoms with Crippen LogP contribution in [0.3, 0.4) is 0 Å². The fraction of sp³-hybridized carbons (Fsp3) is 0.267. The zero-order valence-corrected chi connectivity index (χ0v) is 12.5. The van der Waals surface area contributed by atoms with Crippen molar-refractivity contribution in [3.63, 3.8) is 0 Å². The van der Waals surface area contributed by atoms with Crippen molar-refractivity contribution in [2.75, 3.05) is 6.61 Å². The van der Waals surface area contributed by atoms with E-state index in [4.69, 9.17) is 4.74 Å². The fourth-order valence-corrected chi connectivity index (χ4v) is 2.95. The van der Waals surface area contributed by atoms with Gasteiger partial charge in [-0.1, -0.05) is 6.07 Å². The molecular formula is C15H15N3O2S. The molecule has 3 aromatic rings. The van der Waals surface area contributed by atoms with Crippen LogP contribution >= 0.6 is 11.3 Å². The molecule has 0 amide bonds. The predicted octanol–water partition coefficient (Wildman–Crippen LogP) is 2.95. The maximum Gasteiger partial charge on any atom is 0.306 e. The second-order valence-electron chi connectivity index (χ2n) is 4.52. The number of hydrogen-bond acceptors (Lipinski definition) is 5. The number of imidazole rings is 1. The van der Waals surface area contributed by atoms with Gasteiger partial charge in [-0.2, -0.15) is 0 Å². The number of carbonyl (C=O) groups excluding carboxylic acids is 1. The third-order valence-electron chi connectivity index (χ3n) is 3.08. The van der Waals surface area contributed by atoms with E-state index in [0.717, 1.165) is 22.0 Å². The molecule has 3 aromatic heterocycles. The molecule has 0 saturated heterocycles. The quantitative estimate of drug-likeness (QED) is 0.680. The molecule has 0 aliphatic heterocycles. The van der Waals surface area contributed by atoms with Crippen molar-refractivity contribution in [3.8, 4) is 10.7 Å². The lowest BCUT2D eigenvalue weighted by Crippen LogP contribution is -2.05. The molecule has 0 spiro atoms. The second kappa shape index (κ2) is 6.05. The van der Waals surface area contributed by atoms with Crippen LogP contribution in [0.25, 0.3) is 16.3 Å². The van der Waals surface area contributed by atoms with Crippen LogP contribution < -0.4 is 0 Å². The SMILES string of the molecule is CCOC(=O)CCc1csc(-c2cnc3ccccn23)n1. The summed E-state index contributed by atoms with van der Waals surface area (Å²) >= 11 is 1.56. The molecule has 3 rings (SSSR count). The number of aromatic nitrogens is 3. The molecule has 0 unspecified atom stereocenters. The van der Waals surface area contributed by atoms with E-state index in [1.165, 1.54) is 0 Å². The van der Waals surface area contributed by atoms with Crippen LogP contribution in [0, 0.1) is 0 Å². The van der Waals surface area contributed by atoms with E-state index in [2.05, 4.69) is 9.97 Å². The number of aryl methyl sites for hydroxylation is 1. The van der Waals surface area contributed by atoms with Gasteiger partial charge in [-0.05, 0) is 19.1 Å². The van der Waals surface area contributed by atoms with Gasteiger partial charge in [0.1, 0.15) is 16.3 Å². The first kappa shape index (κ1) is 13.8. The smallest absolute Gasteiger partial charge is 0.306 e. The summed E-state index contributed by atoms with van der Waals surface area (Å²) in [7, 11) is 0. The van der Waals surface area contributed by atoms with Crippen molar-refractivity contribution in [2.45, 2.75) is 19.8 Å². The van der Waals surface area contributed by atoms with E-state index in [0.29, 0.717) is 19.4 Å². The molecule has 6 heteroatoms. The molecule has 0 N–H and O–H groups in total. The number of thiazole rings is 1. The van der Waals surface area contributed by atoms with Gasteiger partial charge in [0, 0.05) is 18.0 Å². The largest absolute Gasteiger partial charge is 0.466 e. The third-order valence-corrected chi connectivity index (χ3v) is 3.99. The monoisotopic (exact) mass is 301 g/mol. The maximum absolute atomic E-state index is 11.4. The molecule has 0 aromatic carbocycles. The molecule has 0 atom stereocenters. The summed E-state index contributed by atoms with van der Waals surface area (Å²) < 4.78 is 6.93. The fourth-order valence-electron chi connectivity index (χ4n) is 2.09. The zero-order chi connectivity index (χ0) is 14.7. The van der Waals surface area contributed by atoms with Gasteiger partial charge in [0.2, 0.25) is 0 Å². The van der Waals surface area contributed by atoms with Crippen molar-refractivity contribution in [1.29, 1.82) is 0 Å². The van der Waals surface area contributed by atoms with Crippen LogP contribution in [0.5, 0.6) is 0 Å². The van der Waals surface area contributed by atoms with Crippen LogP contribution in [0.1, 0.15) is 19.0 Å². The molecule has 0 radical (unpaired) electrons. The van der Waals surface area contributed by atoms with Crippen LogP contribution in [0.2, 0.25) is 0 Å². The number of fused-ring (bicyclic) bond motifs is 1. The number of pyridine rings is 1. The Hall–Kier alpha value is -2.21. The number of nitrogens with zero attached hydrogens (tertiary/aromatic N) is 3. The Morgan fingerprint density at radius 2 is 2.33 bits per heavy atom. The highest BCUT2D eigenvalue weighted by Crippen LogP contribution is 2.25. The lowest BCUT2D eigenvalue weighted by molar-refractivity contribution is -0.143. The Bertz CT molecular complexity index is 763. The van der Waals surface area contributed by atoms with Gasteiger partial charge in [-0.3, -0.25) is 9.20 Å². The first-order valence-corrected chi connectivity index (χ1v) is 7.68. The Morgan fingerprint density at radius 3 is 3.19 bits per heavy atom. The third kappa shape index (κ3) is 2.95. The molecule has 3 heterocycles. The summed E-state index contributed by atoms with van der Waals surface area (Å²) in [5.41, 5.74) is 2.78. The summed E-state index contributed by atoms with van der Waals surface area (Å²) in [6.45, 7) is 2.23. The molecular weight excluding hydrogens is 286 g/mol. The minimum atomic E-state index is -0.179. The first-order valence-electron chi connectivity index (χ1n) is 6.80. The highest BCUT2D eigenvalue weighted by Gasteiger charge is 2.11. The van der Waals surface area contributed by atoms with E-state index in [1.54, 1.807) is 11.3 Å². The average molecular weight is 301 g/mol. The Balaban J connectivity index is 1.77. The van der Waals surface area contributed by atoms with Crippen LogP contribution in [0.15, 0.2) is 36.0 Å². The van der Waals surface area contributed by atoms with Gasteiger partial charge in [0.15, 0.2) is 0 Å². The van der Waals surface area contributed by atoms with Crippen molar-refractivity contribution in [1.82, 2.24) is 14.4 Å². The van der Waals surface area contributed by atoms with Crippen molar-refractivity contribution < 1.29 is 9.53 Å². The van der Waals surface area contributed by atoms with E-state index >= 15 is 0 Å². The Kier molecular flexibility index (Phi) is 3.96. The highest BCUT2D eigenvalue weighted by atomic mass is 32.1. The van der Waals surface area contributed by atoms with Crippen LogP contribution in [-0.2, 0) is 16.0 Å². The van der Waals surface area contributed by atoms with E-state index < -0.39 is 0 Å². The topological polar surface area (TPSA) is 56.5 Å². The van der Waals surface area contributed by atoms with E-state index in [-0.39, 0.29) is 5.97 Å². The number of esters is 1. The standard InChI is InChI=1S/C15H15N3O2S/c1-2-20-14(19)7-6-11-10-21-15(17-11)12-9-16-13-5-3-4-8-18(12)13/h3-5,8-10H,2,6-7H2,1H3. The van der Waals surface area contributed by atoms with Gasteiger partial charge >= 0.3 is 5.97 Å². The number of ether oxygens (including phenoxy) is 1. The molecule has 0 bridgehead atoms. The molecule has 108 valence electrons. The van der Waals surface area contributed by atoms with Gasteiger partial charge in [-0.25, -0.2) is 9.97 Å². The van der Waals surface area contributed by atoms with Crippen LogP contribution in [-0.4, -0.2) is 26.9 Å². The van der Waals surface area contributed by atoms with Gasteiger partial charge < -0.3 is 4.74 Å². The Labute approximate surface area is 126 Å². The normalized spacial score (nSPS) is 10.9. The second-order valence-corrected chi connectivity index (χ2v) is 5.38. The number of rotatable bonds is 5.